The number of rotatable bonds is 5. The van der Waals surface area contributed by atoms with Gasteiger partial charge in [0.1, 0.15) is 23.9 Å². The number of benzene rings is 1. The molecule has 0 fully saturated rings. The molecule has 0 radical (unpaired) electrons. The van der Waals surface area contributed by atoms with Crippen molar-refractivity contribution in [2.75, 3.05) is 6.61 Å². The molecule has 3 atom stereocenters. The first-order valence-corrected chi connectivity index (χ1v) is 6.99. The monoisotopic (exact) mass is 306 g/mol. The van der Waals surface area contributed by atoms with E-state index in [9.17, 15) is 19.8 Å². The maximum Gasteiger partial charge on any atom is 0.341 e. The average molecular weight is 306 g/mol. The van der Waals surface area contributed by atoms with Gasteiger partial charge in [-0.25, -0.2) is 4.79 Å². The molecule has 6 heteroatoms. The first kappa shape index (κ1) is 16.4. The lowest BCUT2D eigenvalue weighted by molar-refractivity contribution is -0.150. The number of aliphatic hydroxyl groups excluding tert-OH is 2. The Hall–Kier alpha value is -2.02. The Bertz CT molecular complexity index is 565. The molecule has 0 aliphatic heterocycles. The van der Waals surface area contributed by atoms with Gasteiger partial charge in [0.2, 0.25) is 5.78 Å². The Labute approximate surface area is 128 Å². The van der Waals surface area contributed by atoms with Crippen LogP contribution in [0, 0.1) is 0 Å². The van der Waals surface area contributed by atoms with Gasteiger partial charge in [-0.1, -0.05) is 30.3 Å². The van der Waals surface area contributed by atoms with E-state index in [1.807, 2.05) is 30.3 Å². The number of hydrogen-bond donors (Lipinski definition) is 2. The zero-order valence-electron chi connectivity index (χ0n) is 12.1. The SMILES string of the molecule is CCOC(=O)C1=C[C@H](O)[C@@H](OCc2ccccc2)[C@H](O)C1=O. The van der Waals surface area contributed by atoms with Crippen molar-refractivity contribution in [3.05, 3.63) is 47.5 Å². The molecule has 1 aliphatic rings. The maximum absolute atomic E-state index is 12.0. The number of ether oxygens (including phenoxy) is 2. The Morgan fingerprint density at radius 1 is 1.23 bits per heavy atom. The number of carbonyl (C=O) groups excluding carboxylic acids is 2. The van der Waals surface area contributed by atoms with Crippen molar-refractivity contribution in [3.63, 3.8) is 0 Å². The van der Waals surface area contributed by atoms with Gasteiger partial charge in [-0.15, -0.1) is 0 Å². The predicted octanol–water partition coefficient (Wildman–Crippen LogP) is 0.366. The number of Topliss-reactive ketones (excluding diaryl/α,β-unsaturated/α-hetero) is 1. The van der Waals surface area contributed by atoms with Crippen LogP contribution in [0.5, 0.6) is 0 Å². The molecule has 1 aromatic carbocycles. The summed E-state index contributed by atoms with van der Waals surface area (Å²) in [5.74, 6) is -1.66. The Kier molecular flexibility index (Phi) is 5.43. The summed E-state index contributed by atoms with van der Waals surface area (Å²) >= 11 is 0. The Morgan fingerprint density at radius 3 is 2.55 bits per heavy atom. The second kappa shape index (κ2) is 7.31. The lowest BCUT2D eigenvalue weighted by atomic mass is 9.90. The van der Waals surface area contributed by atoms with Crippen LogP contribution in [-0.2, 0) is 25.7 Å². The van der Waals surface area contributed by atoms with Crippen LogP contribution in [0.3, 0.4) is 0 Å². The smallest absolute Gasteiger partial charge is 0.341 e. The number of hydrogen-bond acceptors (Lipinski definition) is 6. The molecule has 0 aromatic heterocycles. The van der Waals surface area contributed by atoms with Crippen molar-refractivity contribution in [2.24, 2.45) is 0 Å². The van der Waals surface area contributed by atoms with E-state index >= 15 is 0 Å². The van der Waals surface area contributed by atoms with Crippen molar-refractivity contribution in [2.45, 2.75) is 31.8 Å². The van der Waals surface area contributed by atoms with Gasteiger partial charge in [-0.2, -0.15) is 0 Å². The summed E-state index contributed by atoms with van der Waals surface area (Å²) in [6.07, 6.45) is -2.92. The minimum absolute atomic E-state index is 0.101. The molecule has 0 saturated heterocycles. The highest BCUT2D eigenvalue weighted by molar-refractivity contribution is 6.19. The van der Waals surface area contributed by atoms with Crippen LogP contribution in [0.1, 0.15) is 12.5 Å². The fourth-order valence-electron chi connectivity index (χ4n) is 2.18. The highest BCUT2D eigenvalue weighted by atomic mass is 16.5. The predicted molar refractivity (Wildman–Crippen MR) is 76.8 cm³/mol. The number of aliphatic hydroxyl groups is 2. The van der Waals surface area contributed by atoms with E-state index in [0.717, 1.165) is 11.6 Å². The quantitative estimate of drug-likeness (QED) is 0.603. The number of esters is 1. The fraction of sp³-hybridized carbons (Fsp3) is 0.375. The molecular formula is C16H18O6. The molecule has 22 heavy (non-hydrogen) atoms. The zero-order valence-corrected chi connectivity index (χ0v) is 12.1. The molecule has 2 rings (SSSR count). The Balaban J connectivity index is 2.08. The van der Waals surface area contributed by atoms with Crippen LogP contribution < -0.4 is 0 Å². The van der Waals surface area contributed by atoms with Crippen LogP contribution in [0.25, 0.3) is 0 Å². The summed E-state index contributed by atoms with van der Waals surface area (Å²) in [7, 11) is 0. The normalized spacial score (nSPS) is 24.8. The summed E-state index contributed by atoms with van der Waals surface area (Å²) < 4.78 is 10.2. The van der Waals surface area contributed by atoms with Crippen LogP contribution in [0.2, 0.25) is 0 Å². The first-order chi connectivity index (χ1) is 10.5. The number of carbonyl (C=O) groups is 2. The molecule has 0 saturated carbocycles. The van der Waals surface area contributed by atoms with Crippen LogP contribution in [-0.4, -0.2) is 46.9 Å². The van der Waals surface area contributed by atoms with Gasteiger partial charge in [0.05, 0.1) is 13.2 Å². The molecule has 0 bridgehead atoms. The van der Waals surface area contributed by atoms with Crippen molar-refractivity contribution >= 4 is 11.8 Å². The van der Waals surface area contributed by atoms with Crippen LogP contribution in [0.15, 0.2) is 42.0 Å². The molecule has 6 nitrogen and oxygen atoms in total. The molecule has 2 N–H and O–H groups in total. The highest BCUT2D eigenvalue weighted by Gasteiger charge is 2.41. The van der Waals surface area contributed by atoms with Crippen molar-refractivity contribution in [3.8, 4) is 0 Å². The molecule has 1 aromatic rings. The topological polar surface area (TPSA) is 93.1 Å². The summed E-state index contributed by atoms with van der Waals surface area (Å²) in [5, 5.41) is 20.0. The second-order valence-electron chi connectivity index (χ2n) is 4.86. The average Bonchev–Trinajstić information content (AvgIpc) is 2.52. The molecule has 0 spiro atoms. The lowest BCUT2D eigenvalue weighted by Gasteiger charge is -2.29. The lowest BCUT2D eigenvalue weighted by Crippen LogP contribution is -2.48. The van der Waals surface area contributed by atoms with Gasteiger partial charge in [0.15, 0.2) is 0 Å². The number of ketones is 1. The third kappa shape index (κ3) is 3.59. The van der Waals surface area contributed by atoms with Gasteiger partial charge in [-0.05, 0) is 18.6 Å². The Morgan fingerprint density at radius 2 is 1.91 bits per heavy atom. The van der Waals surface area contributed by atoms with Gasteiger partial charge in [-0.3, -0.25) is 4.79 Å². The molecule has 0 amide bonds. The minimum Gasteiger partial charge on any atom is -0.462 e. The second-order valence-corrected chi connectivity index (χ2v) is 4.86. The third-order valence-electron chi connectivity index (χ3n) is 3.30. The van der Waals surface area contributed by atoms with Gasteiger partial charge in [0.25, 0.3) is 0 Å². The maximum atomic E-state index is 12.0. The minimum atomic E-state index is -1.61. The summed E-state index contributed by atoms with van der Waals surface area (Å²) in [4.78, 5) is 23.6. The summed E-state index contributed by atoms with van der Waals surface area (Å²) in [5.41, 5.74) is 0.496. The summed E-state index contributed by atoms with van der Waals surface area (Å²) in [6.45, 7) is 1.84. The van der Waals surface area contributed by atoms with Crippen molar-refractivity contribution in [1.82, 2.24) is 0 Å². The molecule has 0 unspecified atom stereocenters. The van der Waals surface area contributed by atoms with Crippen molar-refractivity contribution in [1.29, 1.82) is 0 Å². The first-order valence-electron chi connectivity index (χ1n) is 6.99. The van der Waals surface area contributed by atoms with E-state index in [-0.39, 0.29) is 18.8 Å². The zero-order chi connectivity index (χ0) is 16.1. The standard InChI is InChI=1S/C16H18O6/c1-2-21-16(20)11-8-12(17)15(14(19)13(11)18)22-9-10-6-4-3-5-7-10/h3-8,12,14-15,17,19H,2,9H2,1H3/t12-,14+,15+/m0/s1. The van der Waals surface area contributed by atoms with Gasteiger partial charge in [0, 0.05) is 0 Å². The largest absolute Gasteiger partial charge is 0.462 e. The highest BCUT2D eigenvalue weighted by Crippen LogP contribution is 2.21. The van der Waals surface area contributed by atoms with E-state index in [0.29, 0.717) is 0 Å². The van der Waals surface area contributed by atoms with Gasteiger partial charge < -0.3 is 19.7 Å². The molecule has 0 heterocycles. The molecule has 118 valence electrons. The third-order valence-corrected chi connectivity index (χ3v) is 3.30. The summed E-state index contributed by atoms with van der Waals surface area (Å²) in [6, 6.07) is 9.16. The van der Waals surface area contributed by atoms with Crippen molar-refractivity contribution < 1.29 is 29.3 Å². The van der Waals surface area contributed by atoms with E-state index < -0.39 is 30.1 Å². The van der Waals surface area contributed by atoms with E-state index in [4.69, 9.17) is 9.47 Å². The van der Waals surface area contributed by atoms with E-state index in [2.05, 4.69) is 0 Å². The van der Waals surface area contributed by atoms with Crippen LogP contribution >= 0.6 is 0 Å². The molecule has 1 aliphatic carbocycles. The van der Waals surface area contributed by atoms with Gasteiger partial charge >= 0.3 is 5.97 Å². The van der Waals surface area contributed by atoms with E-state index in [1.54, 1.807) is 6.92 Å². The molecular weight excluding hydrogens is 288 g/mol. The van der Waals surface area contributed by atoms with Crippen LogP contribution in [0.4, 0.5) is 0 Å². The fourth-order valence-corrected chi connectivity index (χ4v) is 2.18. The van der Waals surface area contributed by atoms with E-state index in [1.165, 1.54) is 0 Å².